The predicted octanol–water partition coefficient (Wildman–Crippen LogP) is 3.75. The second kappa shape index (κ2) is 16.3. The second-order valence-corrected chi connectivity index (χ2v) is 8.33. The van der Waals surface area contributed by atoms with Crippen LogP contribution in [0.3, 0.4) is 0 Å². The highest BCUT2D eigenvalue weighted by Crippen LogP contribution is 2.32. The molecule has 0 spiro atoms. The van der Waals surface area contributed by atoms with Gasteiger partial charge in [0.15, 0.2) is 17.5 Å². The number of anilines is 1. The van der Waals surface area contributed by atoms with Crippen molar-refractivity contribution in [1.29, 1.82) is 0 Å². The van der Waals surface area contributed by atoms with Crippen molar-refractivity contribution in [1.82, 2.24) is 10.2 Å². The smallest absolute Gasteiger partial charge is 0.195 e. The van der Waals surface area contributed by atoms with E-state index in [1.807, 2.05) is 18.2 Å². The van der Waals surface area contributed by atoms with Crippen molar-refractivity contribution in [3.05, 3.63) is 18.2 Å². The molecule has 188 valence electrons. The van der Waals surface area contributed by atoms with E-state index >= 15 is 0 Å². The standard InChI is InChI=1S/C24H40N4O4.HI/c1-20-7-3-4-12-28(20)13-11-26-24(25-10-5-14-30-18-17-29-2)27-21-8-9-22-23(19-21)32-16-6-15-31-22;/h8-9,19-20H,3-7,10-18H2,1-2H3,(H2,25,26,27);1H. The second-order valence-electron chi connectivity index (χ2n) is 8.33. The molecule has 2 heterocycles. The quantitative estimate of drug-likeness (QED) is 0.180. The number of aliphatic imine (C=N–C) groups is 1. The molecule has 2 aliphatic heterocycles. The van der Waals surface area contributed by atoms with Crippen molar-refractivity contribution in [3.8, 4) is 11.5 Å². The van der Waals surface area contributed by atoms with Gasteiger partial charge in [0.25, 0.3) is 0 Å². The van der Waals surface area contributed by atoms with Gasteiger partial charge in [0.2, 0.25) is 0 Å². The van der Waals surface area contributed by atoms with Gasteiger partial charge in [-0.15, -0.1) is 24.0 Å². The van der Waals surface area contributed by atoms with Crippen LogP contribution in [0.1, 0.15) is 39.0 Å². The lowest BCUT2D eigenvalue weighted by molar-refractivity contribution is 0.0702. The molecule has 0 bridgehead atoms. The van der Waals surface area contributed by atoms with Gasteiger partial charge in [-0.3, -0.25) is 9.89 Å². The first-order valence-corrected chi connectivity index (χ1v) is 12.0. The van der Waals surface area contributed by atoms with Crippen molar-refractivity contribution >= 4 is 35.6 Å². The Kier molecular flexibility index (Phi) is 13.8. The molecule has 0 saturated carbocycles. The highest BCUT2D eigenvalue weighted by Gasteiger charge is 2.17. The van der Waals surface area contributed by atoms with Crippen molar-refractivity contribution in [2.24, 2.45) is 4.99 Å². The zero-order chi connectivity index (χ0) is 22.4. The fourth-order valence-electron chi connectivity index (χ4n) is 3.93. The van der Waals surface area contributed by atoms with Crippen LogP contribution in [0.2, 0.25) is 0 Å². The molecule has 8 nitrogen and oxygen atoms in total. The van der Waals surface area contributed by atoms with Crippen LogP contribution in [0.4, 0.5) is 5.69 Å². The molecule has 2 N–H and O–H groups in total. The SMILES string of the molecule is COCCOCCCN=C(NCCN1CCCCC1C)Nc1ccc2c(c1)OCCCO2.I. The molecule has 0 amide bonds. The zero-order valence-corrected chi connectivity index (χ0v) is 22.5. The Morgan fingerprint density at radius 2 is 1.97 bits per heavy atom. The number of nitrogens with one attached hydrogen (secondary N) is 2. The molecule has 1 saturated heterocycles. The maximum atomic E-state index is 5.83. The third kappa shape index (κ3) is 10.2. The van der Waals surface area contributed by atoms with Gasteiger partial charge in [-0.25, -0.2) is 0 Å². The molecule has 1 aromatic rings. The van der Waals surface area contributed by atoms with Gasteiger partial charge < -0.3 is 29.6 Å². The van der Waals surface area contributed by atoms with Crippen LogP contribution in [0.5, 0.6) is 11.5 Å². The van der Waals surface area contributed by atoms with E-state index in [9.17, 15) is 0 Å². The van der Waals surface area contributed by atoms with Crippen LogP contribution in [0, 0.1) is 0 Å². The fourth-order valence-corrected chi connectivity index (χ4v) is 3.93. The molecule has 1 atom stereocenters. The number of hydrogen-bond acceptors (Lipinski definition) is 6. The summed E-state index contributed by atoms with van der Waals surface area (Å²) in [5.74, 6) is 2.35. The van der Waals surface area contributed by atoms with Gasteiger partial charge in [0, 0.05) is 57.6 Å². The van der Waals surface area contributed by atoms with Gasteiger partial charge in [0.1, 0.15) is 0 Å². The average molecular weight is 577 g/mol. The minimum atomic E-state index is 0. The fraction of sp³-hybridized carbons (Fsp3) is 0.708. The Labute approximate surface area is 215 Å². The molecular formula is C24H41IN4O4. The maximum absolute atomic E-state index is 5.83. The van der Waals surface area contributed by atoms with Crippen molar-refractivity contribution < 1.29 is 18.9 Å². The average Bonchev–Trinajstić information content (AvgIpc) is 3.04. The summed E-state index contributed by atoms with van der Waals surface area (Å²) in [6.07, 6.45) is 5.69. The van der Waals surface area contributed by atoms with Crippen LogP contribution in [0.25, 0.3) is 0 Å². The summed E-state index contributed by atoms with van der Waals surface area (Å²) < 4.78 is 22.1. The van der Waals surface area contributed by atoms with Crippen molar-refractivity contribution in [2.75, 3.05) is 71.6 Å². The number of likely N-dealkylation sites (tertiary alicyclic amines) is 1. The normalized spacial score (nSPS) is 18.8. The summed E-state index contributed by atoms with van der Waals surface area (Å²) in [6, 6.07) is 6.61. The Hall–Kier alpha value is -1.30. The molecule has 9 heteroatoms. The number of halogens is 1. The van der Waals surface area contributed by atoms with E-state index in [0.29, 0.717) is 45.6 Å². The number of nitrogens with zero attached hydrogens (tertiary/aromatic N) is 2. The number of rotatable bonds is 11. The molecular weight excluding hydrogens is 535 g/mol. The Balaban J connectivity index is 0.00000385. The minimum absolute atomic E-state index is 0. The molecule has 33 heavy (non-hydrogen) atoms. The highest BCUT2D eigenvalue weighted by atomic mass is 127. The van der Waals surface area contributed by atoms with Crippen LogP contribution in [-0.4, -0.2) is 83.2 Å². The summed E-state index contributed by atoms with van der Waals surface area (Å²) in [5.41, 5.74) is 0.934. The summed E-state index contributed by atoms with van der Waals surface area (Å²) in [5, 5.41) is 6.94. The molecule has 2 aliphatic rings. The summed E-state index contributed by atoms with van der Waals surface area (Å²) in [6.45, 7) is 9.35. The zero-order valence-electron chi connectivity index (χ0n) is 20.1. The monoisotopic (exact) mass is 576 g/mol. The number of piperidine rings is 1. The van der Waals surface area contributed by atoms with E-state index in [0.717, 1.165) is 49.1 Å². The first kappa shape index (κ1) is 27.9. The highest BCUT2D eigenvalue weighted by molar-refractivity contribution is 14.0. The molecule has 1 aromatic carbocycles. The Bertz CT molecular complexity index is 707. The first-order valence-electron chi connectivity index (χ1n) is 12.0. The minimum Gasteiger partial charge on any atom is -0.490 e. The third-order valence-electron chi connectivity index (χ3n) is 5.79. The lowest BCUT2D eigenvalue weighted by atomic mass is 10.0. The van der Waals surface area contributed by atoms with Crippen LogP contribution in [-0.2, 0) is 9.47 Å². The van der Waals surface area contributed by atoms with E-state index < -0.39 is 0 Å². The molecule has 3 rings (SSSR count). The summed E-state index contributed by atoms with van der Waals surface area (Å²) in [7, 11) is 1.68. The van der Waals surface area contributed by atoms with E-state index in [-0.39, 0.29) is 24.0 Å². The summed E-state index contributed by atoms with van der Waals surface area (Å²) >= 11 is 0. The molecule has 0 radical (unpaired) electrons. The molecule has 1 fully saturated rings. The van der Waals surface area contributed by atoms with Crippen LogP contribution >= 0.6 is 24.0 Å². The third-order valence-corrected chi connectivity index (χ3v) is 5.79. The number of methoxy groups -OCH3 is 1. The first-order chi connectivity index (χ1) is 15.8. The van der Waals surface area contributed by atoms with Crippen LogP contribution < -0.4 is 20.1 Å². The largest absolute Gasteiger partial charge is 0.490 e. The van der Waals surface area contributed by atoms with Crippen LogP contribution in [0.15, 0.2) is 23.2 Å². The van der Waals surface area contributed by atoms with Crippen molar-refractivity contribution in [2.45, 2.75) is 45.1 Å². The van der Waals surface area contributed by atoms with E-state index in [4.69, 9.17) is 23.9 Å². The van der Waals surface area contributed by atoms with Gasteiger partial charge in [0.05, 0.1) is 26.4 Å². The maximum Gasteiger partial charge on any atom is 0.195 e. The van der Waals surface area contributed by atoms with Gasteiger partial charge in [-0.1, -0.05) is 6.42 Å². The number of ether oxygens (including phenoxy) is 4. The number of guanidine groups is 1. The molecule has 0 aliphatic carbocycles. The molecule has 1 unspecified atom stereocenters. The number of hydrogen-bond donors (Lipinski definition) is 2. The Morgan fingerprint density at radius 3 is 2.79 bits per heavy atom. The van der Waals surface area contributed by atoms with Gasteiger partial charge >= 0.3 is 0 Å². The lowest BCUT2D eigenvalue weighted by Crippen LogP contribution is -2.43. The van der Waals surface area contributed by atoms with E-state index in [1.54, 1.807) is 7.11 Å². The lowest BCUT2D eigenvalue weighted by Gasteiger charge is -2.33. The van der Waals surface area contributed by atoms with Crippen molar-refractivity contribution in [3.63, 3.8) is 0 Å². The molecule has 0 aromatic heterocycles. The van der Waals surface area contributed by atoms with Gasteiger partial charge in [-0.2, -0.15) is 0 Å². The predicted molar refractivity (Wildman–Crippen MR) is 144 cm³/mol. The number of benzene rings is 1. The van der Waals surface area contributed by atoms with Gasteiger partial charge in [-0.05, 0) is 44.9 Å². The van der Waals surface area contributed by atoms with E-state index in [1.165, 1.54) is 25.8 Å². The Morgan fingerprint density at radius 1 is 1.12 bits per heavy atom. The number of fused-ring (bicyclic) bond motifs is 1. The van der Waals surface area contributed by atoms with E-state index in [2.05, 4.69) is 22.5 Å². The topological polar surface area (TPSA) is 76.6 Å². The summed E-state index contributed by atoms with van der Waals surface area (Å²) in [4.78, 5) is 7.32.